The van der Waals surface area contributed by atoms with Gasteiger partial charge in [0.1, 0.15) is 11.6 Å². The number of hydrogen-bond donors (Lipinski definition) is 1. The Morgan fingerprint density at radius 1 is 1.26 bits per heavy atom. The fourth-order valence-corrected chi connectivity index (χ4v) is 4.00. The van der Waals surface area contributed by atoms with Gasteiger partial charge in [-0.3, -0.25) is 4.79 Å². The van der Waals surface area contributed by atoms with E-state index in [0.717, 1.165) is 11.3 Å². The first-order valence-electron chi connectivity index (χ1n) is 8.73. The largest absolute Gasteiger partial charge is 0.497 e. The molecule has 7 heteroatoms. The van der Waals surface area contributed by atoms with Gasteiger partial charge in [-0.25, -0.2) is 9.18 Å². The van der Waals surface area contributed by atoms with Crippen molar-refractivity contribution in [1.82, 2.24) is 4.90 Å². The average molecular weight is 369 g/mol. The molecule has 1 saturated heterocycles. The minimum atomic E-state index is -0.787. The summed E-state index contributed by atoms with van der Waals surface area (Å²) in [4.78, 5) is 28.9. The Morgan fingerprint density at radius 3 is 2.78 bits per heavy atom. The molecule has 1 atom stereocenters. The van der Waals surface area contributed by atoms with Crippen molar-refractivity contribution in [3.05, 3.63) is 53.8 Å². The summed E-state index contributed by atoms with van der Waals surface area (Å²) in [5, 5.41) is 2.59. The molecule has 0 bridgehead atoms. The molecule has 0 saturated carbocycles. The number of likely N-dealkylation sites (N-methyl/N-ethyl adjacent to an activating group) is 1. The smallest absolute Gasteiger partial charge is 0.321 e. The van der Waals surface area contributed by atoms with Crippen LogP contribution in [0.2, 0.25) is 0 Å². The number of urea groups is 1. The Hall–Kier alpha value is -3.09. The third-order valence-electron chi connectivity index (χ3n) is 5.47. The third kappa shape index (κ3) is 2.61. The second kappa shape index (κ2) is 6.26. The molecule has 0 aromatic heterocycles. The van der Waals surface area contributed by atoms with Crippen molar-refractivity contribution >= 4 is 23.3 Å². The maximum Gasteiger partial charge on any atom is 0.321 e. The summed E-state index contributed by atoms with van der Waals surface area (Å²) < 4.78 is 19.1. The van der Waals surface area contributed by atoms with Gasteiger partial charge in [0.25, 0.3) is 0 Å². The minimum absolute atomic E-state index is 0.0352. The number of fused-ring (bicyclic) bond motifs is 2. The predicted octanol–water partition coefficient (Wildman–Crippen LogP) is 2.99. The second-order valence-corrected chi connectivity index (χ2v) is 6.91. The summed E-state index contributed by atoms with van der Waals surface area (Å²) in [6.07, 6.45) is 0.515. The molecular formula is C20H20FN3O3. The number of hydrogen-bond acceptors (Lipinski definition) is 3. The van der Waals surface area contributed by atoms with Crippen LogP contribution >= 0.6 is 0 Å². The molecule has 0 unspecified atom stereocenters. The van der Waals surface area contributed by atoms with E-state index in [-0.39, 0.29) is 18.1 Å². The molecule has 2 aromatic carbocycles. The van der Waals surface area contributed by atoms with Gasteiger partial charge in [0.2, 0.25) is 5.91 Å². The Balaban J connectivity index is 1.61. The topological polar surface area (TPSA) is 61.9 Å². The zero-order valence-corrected chi connectivity index (χ0v) is 15.2. The molecule has 1 N–H and O–H groups in total. The third-order valence-corrected chi connectivity index (χ3v) is 5.47. The number of benzene rings is 2. The van der Waals surface area contributed by atoms with E-state index in [1.807, 2.05) is 18.2 Å². The Bertz CT molecular complexity index is 932. The first-order chi connectivity index (χ1) is 13.0. The van der Waals surface area contributed by atoms with Gasteiger partial charge in [-0.15, -0.1) is 0 Å². The molecule has 4 rings (SSSR count). The van der Waals surface area contributed by atoms with Crippen LogP contribution in [-0.4, -0.2) is 44.1 Å². The zero-order chi connectivity index (χ0) is 19.2. The van der Waals surface area contributed by atoms with E-state index < -0.39 is 17.3 Å². The zero-order valence-electron chi connectivity index (χ0n) is 15.2. The van der Waals surface area contributed by atoms with Gasteiger partial charge in [0.05, 0.1) is 18.2 Å². The molecule has 1 fully saturated rings. The molecule has 2 heterocycles. The second-order valence-electron chi connectivity index (χ2n) is 6.91. The number of halogens is 1. The van der Waals surface area contributed by atoms with E-state index in [2.05, 4.69) is 5.32 Å². The van der Waals surface area contributed by atoms with Gasteiger partial charge in [-0.2, -0.15) is 0 Å². The highest BCUT2D eigenvalue weighted by atomic mass is 19.1. The van der Waals surface area contributed by atoms with Gasteiger partial charge in [0.15, 0.2) is 0 Å². The molecule has 1 spiro atoms. The van der Waals surface area contributed by atoms with E-state index in [9.17, 15) is 14.0 Å². The first-order valence-corrected chi connectivity index (χ1v) is 8.73. The van der Waals surface area contributed by atoms with Gasteiger partial charge in [-0.05, 0) is 42.3 Å². The number of amides is 3. The number of likely N-dealkylation sites (tertiary alicyclic amines) is 1. The molecule has 3 amide bonds. The lowest BCUT2D eigenvalue weighted by molar-refractivity contribution is -0.122. The molecule has 6 nitrogen and oxygen atoms in total. The number of nitrogens with zero attached hydrogens (tertiary/aromatic N) is 2. The summed E-state index contributed by atoms with van der Waals surface area (Å²) in [6.45, 7) is 0.660. The quantitative estimate of drug-likeness (QED) is 0.885. The summed E-state index contributed by atoms with van der Waals surface area (Å²) in [6, 6.07) is 11.2. The summed E-state index contributed by atoms with van der Waals surface area (Å²) in [7, 11) is 3.32. The first kappa shape index (κ1) is 17.3. The van der Waals surface area contributed by atoms with Gasteiger partial charge >= 0.3 is 6.03 Å². The number of carbonyl (C=O) groups is 2. The van der Waals surface area contributed by atoms with Crippen LogP contribution in [0.1, 0.15) is 12.0 Å². The van der Waals surface area contributed by atoms with Crippen molar-refractivity contribution in [2.24, 2.45) is 0 Å². The number of carbonyl (C=O) groups excluding carboxylic acids is 2. The van der Waals surface area contributed by atoms with Crippen LogP contribution in [0.25, 0.3) is 0 Å². The van der Waals surface area contributed by atoms with Crippen molar-refractivity contribution < 1.29 is 18.7 Å². The van der Waals surface area contributed by atoms with Crippen LogP contribution in [0, 0.1) is 5.82 Å². The van der Waals surface area contributed by atoms with E-state index >= 15 is 0 Å². The number of methoxy groups -OCH3 is 1. The van der Waals surface area contributed by atoms with Crippen molar-refractivity contribution in [2.45, 2.75) is 11.8 Å². The van der Waals surface area contributed by atoms with Crippen LogP contribution in [0.5, 0.6) is 5.75 Å². The van der Waals surface area contributed by atoms with E-state index in [1.165, 1.54) is 12.1 Å². The van der Waals surface area contributed by atoms with Crippen LogP contribution in [-0.2, 0) is 10.2 Å². The Morgan fingerprint density at radius 2 is 2.04 bits per heavy atom. The van der Waals surface area contributed by atoms with Gasteiger partial charge in [-0.1, -0.05) is 12.1 Å². The lowest BCUT2D eigenvalue weighted by Gasteiger charge is -2.24. The summed E-state index contributed by atoms with van der Waals surface area (Å²) >= 11 is 0. The van der Waals surface area contributed by atoms with Crippen molar-refractivity contribution in [3.8, 4) is 5.75 Å². The molecule has 140 valence electrons. The molecule has 27 heavy (non-hydrogen) atoms. The lowest BCUT2D eigenvalue weighted by atomic mass is 9.81. The molecule has 0 aliphatic carbocycles. The Labute approximate surface area is 156 Å². The van der Waals surface area contributed by atoms with Crippen LogP contribution in [0.3, 0.4) is 0 Å². The number of para-hydroxylation sites is 1. The van der Waals surface area contributed by atoms with Crippen molar-refractivity contribution in [3.63, 3.8) is 0 Å². The standard InChI is InChI=1S/C20H20FN3O3/c1-23-17-8-7-13(27-2)11-14(17)20(18(23)25)9-10-24(12-20)19(26)22-16-6-4-3-5-15(16)21/h3-8,11H,9-10,12H2,1-2H3,(H,22,26)/t20-/m0/s1. The van der Waals surface area contributed by atoms with E-state index in [1.54, 1.807) is 36.1 Å². The van der Waals surface area contributed by atoms with E-state index in [0.29, 0.717) is 18.7 Å². The normalized spacial score (nSPS) is 20.9. The van der Waals surface area contributed by atoms with Gasteiger partial charge < -0.3 is 19.9 Å². The van der Waals surface area contributed by atoms with Crippen molar-refractivity contribution in [1.29, 1.82) is 0 Å². The van der Waals surface area contributed by atoms with Crippen LogP contribution < -0.4 is 15.0 Å². The SMILES string of the molecule is COc1ccc2c(c1)[C@@]1(CCN(C(=O)Nc3ccccc3F)C1)C(=O)N2C. The fourth-order valence-electron chi connectivity index (χ4n) is 4.00. The number of anilines is 2. The Kier molecular flexibility index (Phi) is 4.02. The molecule has 2 aliphatic rings. The summed E-state index contributed by atoms with van der Waals surface area (Å²) in [5.74, 6) is 0.143. The number of nitrogens with one attached hydrogen (secondary N) is 1. The molecular weight excluding hydrogens is 349 g/mol. The number of ether oxygens (including phenoxy) is 1. The van der Waals surface area contributed by atoms with E-state index in [4.69, 9.17) is 4.74 Å². The summed E-state index contributed by atoms with van der Waals surface area (Å²) in [5.41, 5.74) is 1.04. The maximum atomic E-state index is 13.8. The highest BCUT2D eigenvalue weighted by Gasteiger charge is 2.54. The average Bonchev–Trinajstić information content (AvgIpc) is 3.21. The molecule has 0 radical (unpaired) electrons. The van der Waals surface area contributed by atoms with Crippen LogP contribution in [0.4, 0.5) is 20.6 Å². The number of rotatable bonds is 2. The highest BCUT2D eigenvalue weighted by molar-refractivity contribution is 6.09. The monoisotopic (exact) mass is 369 g/mol. The highest BCUT2D eigenvalue weighted by Crippen LogP contribution is 2.48. The van der Waals surface area contributed by atoms with Crippen molar-refractivity contribution in [2.75, 3.05) is 37.5 Å². The molecule has 2 aromatic rings. The predicted molar refractivity (Wildman–Crippen MR) is 99.7 cm³/mol. The minimum Gasteiger partial charge on any atom is -0.497 e. The van der Waals surface area contributed by atoms with Gasteiger partial charge in [0, 0.05) is 25.8 Å². The molecule has 2 aliphatic heterocycles. The van der Waals surface area contributed by atoms with Crippen LogP contribution in [0.15, 0.2) is 42.5 Å². The fraction of sp³-hybridized carbons (Fsp3) is 0.300. The maximum absolute atomic E-state index is 13.8. The lowest BCUT2D eigenvalue weighted by Crippen LogP contribution is -2.43.